The van der Waals surface area contributed by atoms with Crippen LogP contribution < -0.4 is 10.1 Å². The Bertz CT molecular complexity index is 741. The number of carbonyl (C=O) groups is 2. The van der Waals surface area contributed by atoms with E-state index < -0.39 is 0 Å². The lowest BCUT2D eigenvalue weighted by molar-refractivity contribution is -0.132. The number of esters is 1. The number of carbonyl (C=O) groups excluding carboxylic acids is 2. The lowest BCUT2D eigenvalue weighted by Gasteiger charge is -2.10. The molecule has 0 unspecified atom stereocenters. The number of hydrogen-bond donors (Lipinski definition) is 1. The first kappa shape index (κ1) is 17.5. The van der Waals surface area contributed by atoms with Gasteiger partial charge in [0.25, 0.3) is 0 Å². The van der Waals surface area contributed by atoms with Crippen molar-refractivity contribution in [2.75, 3.05) is 0 Å². The Morgan fingerprint density at radius 1 is 1.08 bits per heavy atom. The summed E-state index contributed by atoms with van der Waals surface area (Å²) in [6, 6.07) is 13.5. The average Bonchev–Trinajstić information content (AvgIpc) is 2.55. The molecule has 2 aromatic carbocycles. The molecule has 0 aromatic heterocycles. The van der Waals surface area contributed by atoms with E-state index in [1.165, 1.54) is 13.0 Å². The third-order valence-corrected chi connectivity index (χ3v) is 3.47. The molecule has 0 spiro atoms. The van der Waals surface area contributed by atoms with Gasteiger partial charge in [-0.3, -0.25) is 9.59 Å². The molecule has 0 fully saturated rings. The maximum Gasteiger partial charge on any atom is 0.308 e. The Morgan fingerprint density at radius 3 is 2.29 bits per heavy atom. The van der Waals surface area contributed by atoms with E-state index in [1.807, 2.05) is 56.3 Å². The summed E-state index contributed by atoms with van der Waals surface area (Å²) in [4.78, 5) is 23.0. The van der Waals surface area contributed by atoms with Crippen LogP contribution in [0.2, 0.25) is 0 Å². The molecule has 124 valence electrons. The molecule has 0 bridgehead atoms. The smallest absolute Gasteiger partial charge is 0.308 e. The molecular formula is C20H21NO3. The van der Waals surface area contributed by atoms with Gasteiger partial charge in [0.15, 0.2) is 0 Å². The fraction of sp³-hybridized carbons (Fsp3) is 0.200. The Balaban J connectivity index is 2.00. The van der Waals surface area contributed by atoms with E-state index in [0.717, 1.165) is 22.3 Å². The molecule has 0 aliphatic rings. The van der Waals surface area contributed by atoms with E-state index in [9.17, 15) is 9.59 Å². The number of amides is 1. The van der Waals surface area contributed by atoms with Crippen LogP contribution in [0, 0.1) is 13.8 Å². The molecule has 4 nitrogen and oxygen atoms in total. The van der Waals surface area contributed by atoms with Crippen molar-refractivity contribution < 1.29 is 14.3 Å². The van der Waals surface area contributed by atoms with Gasteiger partial charge in [0.2, 0.25) is 5.91 Å². The van der Waals surface area contributed by atoms with Crippen LogP contribution in [0.5, 0.6) is 5.75 Å². The van der Waals surface area contributed by atoms with Crippen LogP contribution >= 0.6 is 0 Å². The van der Waals surface area contributed by atoms with Gasteiger partial charge in [-0.15, -0.1) is 0 Å². The van der Waals surface area contributed by atoms with Gasteiger partial charge in [0.1, 0.15) is 5.75 Å². The highest BCUT2D eigenvalue weighted by atomic mass is 16.5. The molecule has 24 heavy (non-hydrogen) atoms. The quantitative estimate of drug-likeness (QED) is 0.520. The van der Waals surface area contributed by atoms with Gasteiger partial charge >= 0.3 is 5.97 Å². The minimum Gasteiger partial charge on any atom is -0.426 e. The molecule has 1 amide bonds. The lowest BCUT2D eigenvalue weighted by Crippen LogP contribution is -2.20. The molecule has 0 radical (unpaired) electrons. The molecule has 1 N–H and O–H groups in total. The zero-order valence-corrected chi connectivity index (χ0v) is 14.1. The van der Waals surface area contributed by atoms with Gasteiger partial charge in [0.05, 0.1) is 0 Å². The highest BCUT2D eigenvalue weighted by Crippen LogP contribution is 2.25. The first-order valence-corrected chi connectivity index (χ1v) is 7.75. The maximum absolute atomic E-state index is 11.9. The molecule has 0 saturated carbocycles. The van der Waals surface area contributed by atoms with Gasteiger partial charge in [-0.05, 0) is 54.3 Å². The fourth-order valence-electron chi connectivity index (χ4n) is 2.40. The van der Waals surface area contributed by atoms with Crippen LogP contribution in [-0.4, -0.2) is 11.9 Å². The summed E-state index contributed by atoms with van der Waals surface area (Å²) in [6.07, 6.45) is 3.25. The van der Waals surface area contributed by atoms with E-state index in [1.54, 1.807) is 6.08 Å². The van der Waals surface area contributed by atoms with Gasteiger partial charge < -0.3 is 10.1 Å². The fourth-order valence-corrected chi connectivity index (χ4v) is 2.40. The first-order chi connectivity index (χ1) is 11.5. The maximum atomic E-state index is 11.9. The van der Waals surface area contributed by atoms with Crippen LogP contribution in [0.1, 0.15) is 29.2 Å². The Labute approximate surface area is 142 Å². The van der Waals surface area contributed by atoms with Crippen LogP contribution in [-0.2, 0) is 16.1 Å². The first-order valence-electron chi connectivity index (χ1n) is 7.75. The largest absolute Gasteiger partial charge is 0.426 e. The molecule has 0 aliphatic carbocycles. The van der Waals surface area contributed by atoms with Gasteiger partial charge in [-0.1, -0.05) is 30.3 Å². The molecular weight excluding hydrogens is 302 g/mol. The molecule has 2 rings (SSSR count). The molecule has 2 aromatic rings. The highest BCUT2D eigenvalue weighted by Gasteiger charge is 2.08. The van der Waals surface area contributed by atoms with Crippen molar-refractivity contribution in [3.8, 4) is 5.75 Å². The third-order valence-electron chi connectivity index (χ3n) is 3.47. The van der Waals surface area contributed by atoms with Crippen molar-refractivity contribution in [2.24, 2.45) is 0 Å². The Morgan fingerprint density at radius 2 is 1.71 bits per heavy atom. The molecule has 0 atom stereocenters. The summed E-state index contributed by atoms with van der Waals surface area (Å²) in [5.41, 5.74) is 3.65. The second-order valence-electron chi connectivity index (χ2n) is 5.61. The number of ether oxygens (including phenoxy) is 1. The SMILES string of the molecule is CC(=O)Oc1c(C)cc(/C=C/C(=O)NCc2ccccc2)cc1C. The molecule has 0 aliphatic heterocycles. The number of nitrogens with one attached hydrogen (secondary N) is 1. The van der Waals surface area contributed by atoms with Crippen molar-refractivity contribution >= 4 is 18.0 Å². The number of rotatable bonds is 5. The van der Waals surface area contributed by atoms with Crippen LogP contribution in [0.25, 0.3) is 6.08 Å². The summed E-state index contributed by atoms with van der Waals surface area (Å²) in [5.74, 6) is 0.0798. The minimum atomic E-state index is -0.343. The standard InChI is InChI=1S/C20H21NO3/c1-14-11-18(12-15(2)20(14)24-16(3)22)9-10-19(23)21-13-17-7-5-4-6-8-17/h4-12H,13H2,1-3H3,(H,21,23)/b10-9+. The third kappa shape index (κ3) is 5.09. The topological polar surface area (TPSA) is 55.4 Å². The van der Waals surface area contributed by atoms with E-state index in [2.05, 4.69) is 5.32 Å². The zero-order valence-electron chi connectivity index (χ0n) is 14.1. The van der Waals surface area contributed by atoms with E-state index in [4.69, 9.17) is 4.74 Å². The van der Waals surface area contributed by atoms with Gasteiger partial charge in [0, 0.05) is 19.5 Å². The van der Waals surface area contributed by atoms with Crippen LogP contribution in [0.4, 0.5) is 0 Å². The summed E-state index contributed by atoms with van der Waals surface area (Å²) in [6.45, 7) is 5.62. The van der Waals surface area contributed by atoms with Crippen LogP contribution in [0.3, 0.4) is 0 Å². The second-order valence-corrected chi connectivity index (χ2v) is 5.61. The molecule has 0 saturated heterocycles. The highest BCUT2D eigenvalue weighted by molar-refractivity contribution is 5.91. The average molecular weight is 323 g/mol. The molecule has 4 heteroatoms. The Kier molecular flexibility index (Phi) is 5.90. The molecule has 0 heterocycles. The lowest BCUT2D eigenvalue weighted by atomic mass is 10.1. The summed E-state index contributed by atoms with van der Waals surface area (Å²) < 4.78 is 5.20. The number of aryl methyl sites for hydroxylation is 2. The summed E-state index contributed by atoms with van der Waals surface area (Å²) in [5, 5.41) is 2.84. The number of hydrogen-bond acceptors (Lipinski definition) is 3. The van der Waals surface area contributed by atoms with Crippen molar-refractivity contribution in [3.05, 3.63) is 70.8 Å². The van der Waals surface area contributed by atoms with Gasteiger partial charge in [-0.2, -0.15) is 0 Å². The monoisotopic (exact) mass is 323 g/mol. The summed E-state index contributed by atoms with van der Waals surface area (Å²) >= 11 is 0. The van der Waals surface area contributed by atoms with Crippen molar-refractivity contribution in [2.45, 2.75) is 27.3 Å². The zero-order chi connectivity index (χ0) is 17.5. The van der Waals surface area contributed by atoms with E-state index in [-0.39, 0.29) is 11.9 Å². The summed E-state index contributed by atoms with van der Waals surface area (Å²) in [7, 11) is 0. The van der Waals surface area contributed by atoms with Crippen molar-refractivity contribution in [1.82, 2.24) is 5.32 Å². The normalized spacial score (nSPS) is 10.6. The Hall–Kier alpha value is -2.88. The predicted octanol–water partition coefficient (Wildman–Crippen LogP) is 3.56. The van der Waals surface area contributed by atoms with E-state index in [0.29, 0.717) is 12.3 Å². The predicted molar refractivity (Wildman–Crippen MR) is 94.5 cm³/mol. The van der Waals surface area contributed by atoms with Crippen molar-refractivity contribution in [3.63, 3.8) is 0 Å². The number of benzene rings is 2. The van der Waals surface area contributed by atoms with E-state index >= 15 is 0 Å². The van der Waals surface area contributed by atoms with Gasteiger partial charge in [-0.25, -0.2) is 0 Å². The van der Waals surface area contributed by atoms with Crippen LogP contribution in [0.15, 0.2) is 48.5 Å². The van der Waals surface area contributed by atoms with Crippen molar-refractivity contribution in [1.29, 1.82) is 0 Å². The minimum absolute atomic E-state index is 0.154. The second kappa shape index (κ2) is 8.11.